The second-order valence-corrected chi connectivity index (χ2v) is 3.14. The van der Waals surface area contributed by atoms with Crippen molar-refractivity contribution in [3.8, 4) is 0 Å². The molecule has 1 aliphatic rings. The highest BCUT2D eigenvalue weighted by Crippen LogP contribution is 2.21. The zero-order valence-electron chi connectivity index (χ0n) is 7.54. The average molecular weight is 173 g/mol. The number of carbonyl (C=O) groups is 1. The average Bonchev–Trinajstić information content (AvgIpc) is 2.47. The number of carbonyl (C=O) groups excluding carboxylic acids is 1. The van der Waals surface area contributed by atoms with Gasteiger partial charge in [-0.25, -0.2) is 4.79 Å². The Morgan fingerprint density at radius 2 is 2.42 bits per heavy atom. The maximum Gasteiger partial charge on any atom is 0.339 e. The summed E-state index contributed by atoms with van der Waals surface area (Å²) in [5.41, 5.74) is -1.26. The highest BCUT2D eigenvalue weighted by Gasteiger charge is 2.43. The van der Waals surface area contributed by atoms with E-state index in [1.54, 1.807) is 0 Å². The molecule has 0 aromatic carbocycles. The molecular weight excluding hydrogens is 158 g/mol. The summed E-state index contributed by atoms with van der Waals surface area (Å²) in [7, 11) is 1.30. The standard InChI is InChI=1S/C8H15NO3/c1-3-9-5-4-8(11,6-9)7(10)12-2/h11H,3-6H2,1-2H3. The van der Waals surface area contributed by atoms with E-state index in [9.17, 15) is 9.90 Å². The Bertz CT molecular complexity index is 183. The van der Waals surface area contributed by atoms with Crippen LogP contribution in [0.3, 0.4) is 0 Å². The lowest BCUT2D eigenvalue weighted by Gasteiger charge is -2.19. The number of esters is 1. The topological polar surface area (TPSA) is 49.8 Å². The van der Waals surface area contributed by atoms with Crippen molar-refractivity contribution in [3.05, 3.63) is 0 Å². The van der Waals surface area contributed by atoms with Gasteiger partial charge in [-0.15, -0.1) is 0 Å². The lowest BCUT2D eigenvalue weighted by atomic mass is 10.0. The van der Waals surface area contributed by atoms with E-state index in [1.165, 1.54) is 7.11 Å². The van der Waals surface area contributed by atoms with E-state index in [2.05, 4.69) is 4.74 Å². The quantitative estimate of drug-likeness (QED) is 0.578. The first kappa shape index (κ1) is 9.48. The molecule has 0 aromatic heterocycles. The predicted octanol–water partition coefficient (Wildman–Crippen LogP) is -0.384. The third-order valence-electron chi connectivity index (χ3n) is 2.34. The van der Waals surface area contributed by atoms with Crippen molar-refractivity contribution in [1.29, 1.82) is 0 Å². The lowest BCUT2D eigenvalue weighted by molar-refractivity contribution is -0.160. The molecule has 1 unspecified atom stereocenters. The fourth-order valence-corrected chi connectivity index (χ4v) is 1.50. The van der Waals surface area contributed by atoms with E-state index in [0.717, 1.165) is 13.1 Å². The maximum absolute atomic E-state index is 11.1. The van der Waals surface area contributed by atoms with Gasteiger partial charge in [-0.2, -0.15) is 0 Å². The largest absolute Gasteiger partial charge is 0.467 e. The molecule has 1 fully saturated rings. The summed E-state index contributed by atoms with van der Waals surface area (Å²) in [6.07, 6.45) is 0.480. The third-order valence-corrected chi connectivity index (χ3v) is 2.34. The summed E-state index contributed by atoms with van der Waals surface area (Å²) in [4.78, 5) is 13.1. The minimum absolute atomic E-state index is 0.399. The van der Waals surface area contributed by atoms with Crippen LogP contribution in [0.15, 0.2) is 0 Å². The van der Waals surface area contributed by atoms with E-state index < -0.39 is 11.6 Å². The van der Waals surface area contributed by atoms with Crippen molar-refractivity contribution >= 4 is 5.97 Å². The number of likely N-dealkylation sites (N-methyl/N-ethyl adjacent to an activating group) is 1. The molecule has 1 atom stereocenters. The Morgan fingerprint density at radius 1 is 1.75 bits per heavy atom. The monoisotopic (exact) mass is 173 g/mol. The van der Waals surface area contributed by atoms with Gasteiger partial charge in [-0.1, -0.05) is 6.92 Å². The van der Waals surface area contributed by atoms with Crippen LogP contribution in [0.25, 0.3) is 0 Å². The Kier molecular flexibility index (Phi) is 2.69. The van der Waals surface area contributed by atoms with Crippen LogP contribution in [0.1, 0.15) is 13.3 Å². The fraction of sp³-hybridized carbons (Fsp3) is 0.875. The zero-order chi connectivity index (χ0) is 9.19. The molecule has 4 heteroatoms. The second-order valence-electron chi connectivity index (χ2n) is 3.14. The number of likely N-dealkylation sites (tertiary alicyclic amines) is 1. The van der Waals surface area contributed by atoms with Crippen LogP contribution >= 0.6 is 0 Å². The van der Waals surface area contributed by atoms with Crippen molar-refractivity contribution in [2.45, 2.75) is 18.9 Å². The molecule has 0 saturated carbocycles. The molecule has 0 amide bonds. The number of nitrogens with zero attached hydrogens (tertiary/aromatic N) is 1. The molecule has 1 heterocycles. The molecule has 1 aliphatic heterocycles. The van der Waals surface area contributed by atoms with Crippen molar-refractivity contribution < 1.29 is 14.6 Å². The van der Waals surface area contributed by atoms with Crippen LogP contribution in [0, 0.1) is 0 Å². The first-order valence-electron chi connectivity index (χ1n) is 4.15. The van der Waals surface area contributed by atoms with Crippen molar-refractivity contribution in [3.63, 3.8) is 0 Å². The zero-order valence-corrected chi connectivity index (χ0v) is 7.54. The molecular formula is C8H15NO3. The third kappa shape index (κ3) is 1.59. The van der Waals surface area contributed by atoms with Crippen LogP contribution in [0.2, 0.25) is 0 Å². The molecule has 0 aromatic rings. The Labute approximate surface area is 72.1 Å². The summed E-state index contributed by atoms with van der Waals surface area (Å²) in [6.45, 7) is 4.03. The number of aliphatic hydroxyl groups is 1. The lowest BCUT2D eigenvalue weighted by Crippen LogP contribution is -2.42. The van der Waals surface area contributed by atoms with Crippen molar-refractivity contribution in [2.75, 3.05) is 26.7 Å². The van der Waals surface area contributed by atoms with E-state index in [4.69, 9.17) is 0 Å². The molecule has 12 heavy (non-hydrogen) atoms. The highest BCUT2D eigenvalue weighted by atomic mass is 16.5. The first-order chi connectivity index (χ1) is 5.62. The normalized spacial score (nSPS) is 30.6. The molecule has 1 N–H and O–H groups in total. The number of methoxy groups -OCH3 is 1. The van der Waals surface area contributed by atoms with E-state index in [-0.39, 0.29) is 0 Å². The fourth-order valence-electron chi connectivity index (χ4n) is 1.50. The number of hydrogen-bond acceptors (Lipinski definition) is 4. The summed E-state index contributed by atoms with van der Waals surface area (Å²) >= 11 is 0. The van der Waals surface area contributed by atoms with Gasteiger partial charge in [0.05, 0.1) is 7.11 Å². The molecule has 0 bridgehead atoms. The van der Waals surface area contributed by atoms with Crippen molar-refractivity contribution in [2.24, 2.45) is 0 Å². The van der Waals surface area contributed by atoms with Gasteiger partial charge in [0.1, 0.15) is 0 Å². The molecule has 1 rings (SSSR count). The number of rotatable bonds is 2. The van der Waals surface area contributed by atoms with Crippen molar-refractivity contribution in [1.82, 2.24) is 4.90 Å². The molecule has 4 nitrogen and oxygen atoms in total. The van der Waals surface area contributed by atoms with Crippen LogP contribution in [-0.4, -0.2) is 48.3 Å². The van der Waals surface area contributed by atoms with E-state index in [1.807, 2.05) is 11.8 Å². The summed E-state index contributed by atoms with van der Waals surface area (Å²) < 4.78 is 4.51. The van der Waals surface area contributed by atoms with Crippen LogP contribution < -0.4 is 0 Å². The second kappa shape index (κ2) is 3.41. The first-order valence-corrected chi connectivity index (χ1v) is 4.15. The minimum atomic E-state index is -1.26. The number of hydrogen-bond donors (Lipinski definition) is 1. The van der Waals surface area contributed by atoms with Crippen LogP contribution in [0.5, 0.6) is 0 Å². The number of β-amino-alcohol motifs (C(OH)–C–C–N with tert-alkyl or cyclic N) is 1. The van der Waals surface area contributed by atoms with Gasteiger partial charge in [0.15, 0.2) is 5.60 Å². The Hall–Kier alpha value is -0.610. The summed E-state index contributed by atoms with van der Waals surface area (Å²) in [6, 6.07) is 0. The highest BCUT2D eigenvalue weighted by molar-refractivity contribution is 5.79. The minimum Gasteiger partial charge on any atom is -0.467 e. The van der Waals surface area contributed by atoms with E-state index in [0.29, 0.717) is 13.0 Å². The number of ether oxygens (including phenoxy) is 1. The van der Waals surface area contributed by atoms with Gasteiger partial charge >= 0.3 is 5.97 Å². The summed E-state index contributed by atoms with van der Waals surface area (Å²) in [5.74, 6) is -0.515. The van der Waals surface area contributed by atoms with Gasteiger partial charge in [-0.05, 0) is 6.54 Å². The van der Waals surface area contributed by atoms with Gasteiger partial charge in [0.2, 0.25) is 0 Å². The maximum atomic E-state index is 11.1. The molecule has 0 spiro atoms. The van der Waals surface area contributed by atoms with E-state index >= 15 is 0 Å². The molecule has 0 radical (unpaired) electrons. The molecule has 0 aliphatic carbocycles. The Morgan fingerprint density at radius 3 is 2.83 bits per heavy atom. The molecule has 1 saturated heterocycles. The molecule has 70 valence electrons. The van der Waals surface area contributed by atoms with Crippen LogP contribution in [0.4, 0.5) is 0 Å². The predicted molar refractivity (Wildman–Crippen MR) is 43.7 cm³/mol. The smallest absolute Gasteiger partial charge is 0.339 e. The van der Waals surface area contributed by atoms with Gasteiger partial charge < -0.3 is 14.7 Å². The van der Waals surface area contributed by atoms with Gasteiger partial charge in [-0.3, -0.25) is 0 Å². The SMILES string of the molecule is CCN1CCC(O)(C(=O)OC)C1. The summed E-state index contributed by atoms with van der Waals surface area (Å²) in [5, 5.41) is 9.75. The van der Waals surface area contributed by atoms with Crippen LogP contribution in [-0.2, 0) is 9.53 Å². The van der Waals surface area contributed by atoms with Gasteiger partial charge in [0, 0.05) is 19.5 Å². The Balaban J connectivity index is 2.57. The van der Waals surface area contributed by atoms with Gasteiger partial charge in [0.25, 0.3) is 0 Å².